The molecule has 0 spiro atoms. The maximum absolute atomic E-state index is 12.2. The average Bonchev–Trinajstić information content (AvgIpc) is 2.01. The lowest BCUT2D eigenvalue weighted by molar-refractivity contribution is -0.138. The van der Waals surface area contributed by atoms with Crippen molar-refractivity contribution >= 4 is 5.97 Å². The molecule has 0 aliphatic rings. The van der Waals surface area contributed by atoms with E-state index in [1.165, 1.54) is 0 Å². The summed E-state index contributed by atoms with van der Waals surface area (Å²) in [5.41, 5.74) is -2.60. The van der Waals surface area contributed by atoms with Crippen LogP contribution in [0.5, 0.6) is 5.75 Å². The third-order valence-corrected chi connectivity index (χ3v) is 1.38. The molecule has 0 unspecified atom stereocenters. The average molecular weight is 207 g/mol. The van der Waals surface area contributed by atoms with Crippen LogP contribution in [0.25, 0.3) is 0 Å². The van der Waals surface area contributed by atoms with Crippen molar-refractivity contribution in [2.24, 2.45) is 0 Å². The molecule has 1 rings (SSSR count). The van der Waals surface area contributed by atoms with Gasteiger partial charge in [0.1, 0.15) is 5.75 Å². The van der Waals surface area contributed by atoms with Crippen molar-refractivity contribution in [1.82, 2.24) is 4.98 Å². The lowest BCUT2D eigenvalue weighted by Gasteiger charge is -2.08. The molecule has 1 aromatic rings. The highest BCUT2D eigenvalue weighted by atomic mass is 19.4. The molecule has 2 N–H and O–H groups in total. The number of hydrogen-bond acceptors (Lipinski definition) is 3. The predicted molar refractivity (Wildman–Crippen MR) is 37.9 cm³/mol. The molecule has 0 aliphatic carbocycles. The van der Waals surface area contributed by atoms with Crippen LogP contribution in [0.2, 0.25) is 0 Å². The summed E-state index contributed by atoms with van der Waals surface area (Å²) in [5.74, 6) is -2.53. The Kier molecular flexibility index (Phi) is 2.33. The van der Waals surface area contributed by atoms with Crippen molar-refractivity contribution in [3.8, 4) is 5.75 Å². The van der Waals surface area contributed by atoms with E-state index in [0.717, 1.165) is 0 Å². The minimum absolute atomic E-state index is 0.316. The number of carboxylic acid groups (broad SMARTS) is 1. The van der Waals surface area contributed by atoms with Gasteiger partial charge in [0.15, 0.2) is 5.69 Å². The molecule has 7 heteroatoms. The number of alkyl halides is 3. The van der Waals surface area contributed by atoms with E-state index in [1.54, 1.807) is 0 Å². The Labute approximate surface area is 75.6 Å². The number of aromatic nitrogens is 1. The van der Waals surface area contributed by atoms with Crippen molar-refractivity contribution in [2.75, 3.05) is 0 Å². The van der Waals surface area contributed by atoms with Crippen molar-refractivity contribution in [1.29, 1.82) is 0 Å². The van der Waals surface area contributed by atoms with Gasteiger partial charge < -0.3 is 10.2 Å². The number of aromatic hydroxyl groups is 1. The summed E-state index contributed by atoms with van der Waals surface area (Å²) in [6.07, 6.45) is -4.21. The lowest BCUT2D eigenvalue weighted by Crippen LogP contribution is -2.14. The van der Waals surface area contributed by atoms with Crippen LogP contribution < -0.4 is 0 Å². The van der Waals surface area contributed by atoms with Gasteiger partial charge in [0, 0.05) is 0 Å². The number of rotatable bonds is 1. The molecule has 0 aromatic carbocycles. The van der Waals surface area contributed by atoms with Gasteiger partial charge in [-0.2, -0.15) is 13.2 Å². The fourth-order valence-corrected chi connectivity index (χ4v) is 0.840. The molecule has 4 nitrogen and oxygen atoms in total. The lowest BCUT2D eigenvalue weighted by atomic mass is 10.2. The smallest absolute Gasteiger partial charge is 0.418 e. The number of aromatic carboxylic acids is 1. The molecule has 0 aliphatic heterocycles. The molecule has 1 aromatic heterocycles. The Morgan fingerprint density at radius 1 is 1.43 bits per heavy atom. The Morgan fingerprint density at radius 2 is 2.00 bits per heavy atom. The number of pyridine rings is 1. The molecule has 0 atom stereocenters. The monoisotopic (exact) mass is 207 g/mol. The number of nitrogens with zero attached hydrogens (tertiary/aromatic N) is 1. The summed E-state index contributed by atoms with van der Waals surface area (Å²) in [4.78, 5) is 13.3. The number of hydrogen-bond donors (Lipinski definition) is 2. The third kappa shape index (κ3) is 1.93. The molecular formula is C7H4F3NO3. The van der Waals surface area contributed by atoms with Crippen molar-refractivity contribution in [3.63, 3.8) is 0 Å². The van der Waals surface area contributed by atoms with Gasteiger partial charge in [-0.1, -0.05) is 0 Å². The summed E-state index contributed by atoms with van der Waals surface area (Å²) in [5, 5.41) is 17.1. The van der Waals surface area contributed by atoms with E-state index in [2.05, 4.69) is 4.98 Å². The van der Waals surface area contributed by atoms with Crippen molar-refractivity contribution in [2.45, 2.75) is 6.18 Å². The van der Waals surface area contributed by atoms with Crippen LogP contribution in [0.1, 0.15) is 16.1 Å². The number of carboxylic acids is 1. The zero-order chi connectivity index (χ0) is 10.9. The largest absolute Gasteiger partial charge is 0.506 e. The standard InChI is InChI=1S/C7H4F3NO3/c8-7(9,10)4-1-3(12)2-11-5(4)6(13)14/h1-2,12H,(H,13,14). The highest BCUT2D eigenvalue weighted by Crippen LogP contribution is 2.32. The highest BCUT2D eigenvalue weighted by molar-refractivity contribution is 5.87. The molecule has 0 fully saturated rings. The molecule has 1 heterocycles. The maximum Gasteiger partial charge on any atom is 0.418 e. The van der Waals surface area contributed by atoms with E-state index < -0.39 is 29.2 Å². The van der Waals surface area contributed by atoms with Gasteiger partial charge >= 0.3 is 12.1 Å². The molecule has 0 saturated heterocycles. The van der Waals surface area contributed by atoms with Crippen LogP contribution in [-0.4, -0.2) is 21.2 Å². The minimum Gasteiger partial charge on any atom is -0.506 e. The quantitative estimate of drug-likeness (QED) is 0.732. The highest BCUT2D eigenvalue weighted by Gasteiger charge is 2.36. The van der Waals surface area contributed by atoms with E-state index >= 15 is 0 Å². The summed E-state index contributed by atoms with van der Waals surface area (Å²) in [7, 11) is 0. The molecule has 0 radical (unpaired) electrons. The SMILES string of the molecule is O=C(O)c1ncc(O)cc1C(F)(F)F. The van der Waals surface area contributed by atoms with Gasteiger partial charge in [-0.3, -0.25) is 0 Å². The van der Waals surface area contributed by atoms with Crippen LogP contribution >= 0.6 is 0 Å². The van der Waals surface area contributed by atoms with Gasteiger partial charge in [-0.25, -0.2) is 9.78 Å². The third-order valence-electron chi connectivity index (χ3n) is 1.38. The topological polar surface area (TPSA) is 70.4 Å². The van der Waals surface area contributed by atoms with E-state index in [1.807, 2.05) is 0 Å². The first-order valence-corrected chi connectivity index (χ1v) is 3.32. The molecule has 76 valence electrons. The number of halogens is 3. The molecule has 14 heavy (non-hydrogen) atoms. The van der Waals surface area contributed by atoms with Gasteiger partial charge in [-0.15, -0.1) is 0 Å². The predicted octanol–water partition coefficient (Wildman–Crippen LogP) is 1.50. The van der Waals surface area contributed by atoms with E-state index in [-0.39, 0.29) is 0 Å². The number of carbonyl (C=O) groups is 1. The van der Waals surface area contributed by atoms with Crippen LogP contribution in [0, 0.1) is 0 Å². The second-order valence-corrected chi connectivity index (χ2v) is 2.39. The zero-order valence-corrected chi connectivity index (χ0v) is 6.54. The fraction of sp³-hybridized carbons (Fsp3) is 0.143. The Bertz CT molecular complexity index is 375. The van der Waals surface area contributed by atoms with Gasteiger partial charge in [0.05, 0.1) is 11.8 Å². The summed E-state index contributed by atoms with van der Waals surface area (Å²) in [6.45, 7) is 0. The normalized spacial score (nSPS) is 11.4. The van der Waals surface area contributed by atoms with Crippen LogP contribution in [0.4, 0.5) is 13.2 Å². The minimum atomic E-state index is -4.85. The second-order valence-electron chi connectivity index (χ2n) is 2.39. The summed E-state index contributed by atoms with van der Waals surface area (Å²) < 4.78 is 36.5. The molecule has 0 saturated carbocycles. The molecular weight excluding hydrogens is 203 g/mol. The van der Waals surface area contributed by atoms with Crippen LogP contribution in [-0.2, 0) is 6.18 Å². The molecule has 0 bridgehead atoms. The van der Waals surface area contributed by atoms with Gasteiger partial charge in [0.25, 0.3) is 0 Å². The Hall–Kier alpha value is -1.79. The summed E-state index contributed by atoms with van der Waals surface area (Å²) >= 11 is 0. The van der Waals surface area contributed by atoms with E-state index in [0.29, 0.717) is 12.3 Å². The Morgan fingerprint density at radius 3 is 2.43 bits per heavy atom. The zero-order valence-electron chi connectivity index (χ0n) is 6.54. The van der Waals surface area contributed by atoms with Crippen molar-refractivity contribution in [3.05, 3.63) is 23.5 Å². The second kappa shape index (κ2) is 3.17. The van der Waals surface area contributed by atoms with Crippen molar-refractivity contribution < 1.29 is 28.2 Å². The maximum atomic E-state index is 12.2. The van der Waals surface area contributed by atoms with E-state index in [4.69, 9.17) is 10.2 Å². The van der Waals surface area contributed by atoms with Crippen LogP contribution in [0.3, 0.4) is 0 Å². The fourth-order valence-electron chi connectivity index (χ4n) is 0.840. The Balaban J connectivity index is 3.38. The first kappa shape index (κ1) is 10.3. The first-order valence-electron chi connectivity index (χ1n) is 3.32. The summed E-state index contributed by atoms with van der Waals surface area (Å²) in [6, 6.07) is 0.316. The van der Waals surface area contributed by atoms with Gasteiger partial charge in [-0.05, 0) is 6.07 Å². The van der Waals surface area contributed by atoms with E-state index in [9.17, 15) is 18.0 Å². The molecule has 0 amide bonds. The van der Waals surface area contributed by atoms with Crippen LogP contribution in [0.15, 0.2) is 12.3 Å². The first-order chi connectivity index (χ1) is 6.32. The van der Waals surface area contributed by atoms with Gasteiger partial charge in [0.2, 0.25) is 0 Å².